The molecule has 2 aliphatic rings. The summed E-state index contributed by atoms with van der Waals surface area (Å²) in [6.45, 7) is 5.57. The predicted octanol–water partition coefficient (Wildman–Crippen LogP) is 2.44. The van der Waals surface area contributed by atoms with Gasteiger partial charge in [-0.15, -0.1) is 0 Å². The molecule has 3 N–H and O–H groups in total. The van der Waals surface area contributed by atoms with Gasteiger partial charge in [-0.2, -0.15) is 20.1 Å². The van der Waals surface area contributed by atoms with Gasteiger partial charge in [-0.25, -0.2) is 0 Å². The third-order valence-electron chi connectivity index (χ3n) is 5.57. The first kappa shape index (κ1) is 21.7. The van der Waals surface area contributed by atoms with Crippen molar-refractivity contribution in [3.05, 3.63) is 41.6 Å². The van der Waals surface area contributed by atoms with E-state index in [1.807, 2.05) is 37.3 Å². The quantitative estimate of drug-likeness (QED) is 0.484. The van der Waals surface area contributed by atoms with Gasteiger partial charge >= 0.3 is 0 Å². The van der Waals surface area contributed by atoms with Crippen LogP contribution >= 0.6 is 11.8 Å². The van der Waals surface area contributed by atoms with Crippen LogP contribution in [-0.4, -0.2) is 75.2 Å². The molecule has 2 aromatic heterocycles. The molecule has 1 saturated carbocycles. The second-order valence-electron chi connectivity index (χ2n) is 8.47. The van der Waals surface area contributed by atoms with Crippen molar-refractivity contribution in [2.75, 3.05) is 43.4 Å². The van der Waals surface area contributed by atoms with Crippen molar-refractivity contribution < 1.29 is 4.79 Å². The molecule has 11 heteroatoms. The molecule has 1 aliphatic carbocycles. The van der Waals surface area contributed by atoms with E-state index in [9.17, 15) is 4.79 Å². The number of benzene rings is 1. The van der Waals surface area contributed by atoms with Gasteiger partial charge in [0.2, 0.25) is 11.9 Å². The lowest BCUT2D eigenvalue weighted by Crippen LogP contribution is -2.45. The lowest BCUT2D eigenvalue weighted by Gasteiger charge is -2.32. The number of nitrogens with one attached hydrogen (secondary N) is 3. The molecule has 5 rings (SSSR count). The lowest BCUT2D eigenvalue weighted by molar-refractivity contribution is 0.0951. The number of rotatable bonds is 7. The zero-order chi connectivity index (χ0) is 22.8. The van der Waals surface area contributed by atoms with Crippen LogP contribution in [0.5, 0.6) is 0 Å². The molecule has 1 aromatic carbocycles. The summed E-state index contributed by atoms with van der Waals surface area (Å²) in [6, 6.07) is 9.78. The van der Waals surface area contributed by atoms with Crippen LogP contribution in [0.4, 0.5) is 17.7 Å². The number of likely N-dealkylation sites (N-methyl/N-ethyl adjacent to an activating group) is 1. The fraction of sp³-hybridized carbons (Fsp3) is 0.409. The predicted molar refractivity (Wildman–Crippen MR) is 127 cm³/mol. The van der Waals surface area contributed by atoms with Crippen molar-refractivity contribution in [2.24, 2.45) is 0 Å². The van der Waals surface area contributed by atoms with Crippen LogP contribution in [0.15, 0.2) is 40.4 Å². The number of carbonyl (C=O) groups is 1. The fourth-order valence-corrected chi connectivity index (χ4v) is 4.21. The maximum absolute atomic E-state index is 12.3. The number of nitrogens with zero attached hydrogens (tertiary/aromatic N) is 6. The van der Waals surface area contributed by atoms with Crippen LogP contribution in [0.1, 0.15) is 28.9 Å². The Balaban J connectivity index is 1.36. The first-order valence-electron chi connectivity index (χ1n) is 11.1. The number of hydrogen-bond donors (Lipinski definition) is 3. The van der Waals surface area contributed by atoms with E-state index >= 15 is 0 Å². The zero-order valence-electron chi connectivity index (χ0n) is 18.7. The normalized spacial score (nSPS) is 16.6. The lowest BCUT2D eigenvalue weighted by atomic mass is 10.2. The van der Waals surface area contributed by atoms with Gasteiger partial charge in [-0.05, 0) is 62.8 Å². The molecule has 33 heavy (non-hydrogen) atoms. The summed E-state index contributed by atoms with van der Waals surface area (Å²) in [5.74, 6) is 1.74. The van der Waals surface area contributed by atoms with E-state index in [0.717, 1.165) is 49.6 Å². The molecule has 2 fully saturated rings. The minimum Gasteiger partial charge on any atom is -0.349 e. The maximum atomic E-state index is 12.3. The van der Waals surface area contributed by atoms with Gasteiger partial charge in [0.1, 0.15) is 0 Å². The Bertz CT molecular complexity index is 1120. The number of aromatic amines is 1. The van der Waals surface area contributed by atoms with Crippen molar-refractivity contribution in [1.29, 1.82) is 0 Å². The Morgan fingerprint density at radius 2 is 1.85 bits per heavy atom. The molecule has 3 heterocycles. The Labute approximate surface area is 196 Å². The van der Waals surface area contributed by atoms with Gasteiger partial charge in [0.25, 0.3) is 5.91 Å². The number of hydrogen-bond acceptors (Lipinski definition) is 9. The largest absolute Gasteiger partial charge is 0.349 e. The third kappa shape index (κ3) is 5.60. The van der Waals surface area contributed by atoms with Gasteiger partial charge < -0.3 is 20.4 Å². The Morgan fingerprint density at radius 3 is 2.52 bits per heavy atom. The molecule has 172 valence electrons. The third-order valence-corrected chi connectivity index (χ3v) is 6.45. The number of carbonyl (C=O) groups excluding carboxylic acids is 1. The van der Waals surface area contributed by atoms with E-state index in [2.05, 4.69) is 47.6 Å². The van der Waals surface area contributed by atoms with Gasteiger partial charge in [0.15, 0.2) is 11.0 Å². The minimum absolute atomic E-state index is 0.0210. The van der Waals surface area contributed by atoms with E-state index in [1.54, 1.807) is 0 Å². The van der Waals surface area contributed by atoms with Crippen LogP contribution in [0.2, 0.25) is 0 Å². The average molecular weight is 466 g/mol. The number of piperazine rings is 1. The molecule has 10 nitrogen and oxygen atoms in total. The highest BCUT2D eigenvalue weighted by molar-refractivity contribution is 7.99. The molecule has 1 aliphatic heterocycles. The van der Waals surface area contributed by atoms with E-state index in [-0.39, 0.29) is 5.91 Å². The highest BCUT2D eigenvalue weighted by atomic mass is 32.2. The van der Waals surface area contributed by atoms with Crippen molar-refractivity contribution in [2.45, 2.75) is 35.9 Å². The monoisotopic (exact) mass is 465 g/mol. The smallest absolute Gasteiger partial charge is 0.251 e. The summed E-state index contributed by atoms with van der Waals surface area (Å²) < 4.78 is 0. The molecule has 1 amide bonds. The first-order chi connectivity index (χ1) is 16.0. The Hall–Kier alpha value is -3.18. The number of amides is 1. The van der Waals surface area contributed by atoms with Gasteiger partial charge in [0.05, 0.1) is 0 Å². The molecule has 0 atom stereocenters. The number of aryl methyl sites for hydroxylation is 1. The zero-order valence-corrected chi connectivity index (χ0v) is 19.5. The maximum Gasteiger partial charge on any atom is 0.251 e. The first-order valence-corrected chi connectivity index (χ1v) is 11.9. The number of aromatic nitrogens is 5. The molecule has 0 radical (unpaired) electrons. The van der Waals surface area contributed by atoms with Crippen LogP contribution in [0, 0.1) is 6.92 Å². The topological polar surface area (TPSA) is 115 Å². The molecule has 3 aromatic rings. The van der Waals surface area contributed by atoms with Crippen molar-refractivity contribution in [3.8, 4) is 0 Å². The summed E-state index contributed by atoms with van der Waals surface area (Å²) in [7, 11) is 2.12. The van der Waals surface area contributed by atoms with E-state index < -0.39 is 0 Å². The van der Waals surface area contributed by atoms with E-state index in [1.165, 1.54) is 11.8 Å². The number of anilines is 3. The van der Waals surface area contributed by atoms with Gasteiger partial charge in [-0.1, -0.05) is 0 Å². The summed E-state index contributed by atoms with van der Waals surface area (Å²) in [4.78, 5) is 31.7. The second-order valence-corrected chi connectivity index (χ2v) is 9.51. The standard InChI is InChI=1S/C22H27N9OS/c1-14-13-18(29-28-14)24-20-25-21(31-11-9-30(2)10-12-31)27-22(26-20)33-17-7-3-15(4-8-17)19(32)23-16-5-6-16/h3-4,7-8,13,16H,5-6,9-12H2,1-2H3,(H,23,32)(H2,24,25,26,27,28,29). The highest BCUT2D eigenvalue weighted by Gasteiger charge is 2.24. The Morgan fingerprint density at radius 1 is 1.09 bits per heavy atom. The molecule has 0 spiro atoms. The van der Waals surface area contributed by atoms with Crippen molar-refractivity contribution in [3.63, 3.8) is 0 Å². The number of H-pyrrole nitrogens is 1. The summed E-state index contributed by atoms with van der Waals surface area (Å²) in [5.41, 5.74) is 1.61. The summed E-state index contributed by atoms with van der Waals surface area (Å²) in [6.07, 6.45) is 2.14. The second kappa shape index (κ2) is 9.36. The summed E-state index contributed by atoms with van der Waals surface area (Å²) >= 11 is 1.44. The van der Waals surface area contributed by atoms with Crippen LogP contribution in [0.3, 0.4) is 0 Å². The van der Waals surface area contributed by atoms with E-state index in [4.69, 9.17) is 4.98 Å². The SMILES string of the molecule is Cc1cc(Nc2nc(Sc3ccc(C(=O)NC4CC4)cc3)nc(N3CCN(C)CC3)n2)n[nH]1. The molecule has 1 saturated heterocycles. The summed E-state index contributed by atoms with van der Waals surface area (Å²) in [5, 5.41) is 13.9. The van der Waals surface area contributed by atoms with Crippen molar-refractivity contribution >= 4 is 35.4 Å². The Kier molecular flexibility index (Phi) is 6.14. The van der Waals surface area contributed by atoms with E-state index in [0.29, 0.717) is 34.5 Å². The highest BCUT2D eigenvalue weighted by Crippen LogP contribution is 2.28. The average Bonchev–Trinajstić information content (AvgIpc) is 3.53. The molecule has 0 unspecified atom stereocenters. The van der Waals surface area contributed by atoms with Crippen LogP contribution in [0.25, 0.3) is 0 Å². The van der Waals surface area contributed by atoms with Crippen molar-refractivity contribution in [1.82, 2.24) is 35.4 Å². The van der Waals surface area contributed by atoms with Gasteiger partial charge in [0, 0.05) is 54.4 Å². The minimum atomic E-state index is -0.0210. The molecular weight excluding hydrogens is 438 g/mol. The fourth-order valence-electron chi connectivity index (χ4n) is 3.47. The van der Waals surface area contributed by atoms with Crippen LogP contribution < -0.4 is 15.5 Å². The molecule has 0 bridgehead atoms. The molecular formula is C22H27N9OS. The van der Waals surface area contributed by atoms with Gasteiger partial charge in [-0.3, -0.25) is 9.89 Å². The van der Waals surface area contributed by atoms with Crippen LogP contribution in [-0.2, 0) is 0 Å².